The quantitative estimate of drug-likeness (QED) is 0.456. The Morgan fingerprint density at radius 3 is 2.51 bits per heavy atom. The van der Waals surface area contributed by atoms with Crippen molar-refractivity contribution in [3.8, 4) is 34.0 Å². The van der Waals surface area contributed by atoms with Gasteiger partial charge in [0.1, 0.15) is 0 Å². The SMILES string of the molecule is COc1ccc(-c2c(C)nc3c(N4CCC(NC(C)=O)C4)cc(-c4ccccc4)nn23)cc1OC. The molecule has 2 aromatic heterocycles. The first-order chi connectivity index (χ1) is 17.0. The number of imidazole rings is 1. The van der Waals surface area contributed by atoms with Gasteiger partial charge in [-0.15, -0.1) is 0 Å². The first kappa shape index (κ1) is 22.7. The molecule has 1 N–H and O–H groups in total. The fourth-order valence-electron chi connectivity index (χ4n) is 4.79. The number of rotatable bonds is 6. The second-order valence-corrected chi connectivity index (χ2v) is 8.76. The molecule has 2 aromatic carbocycles. The summed E-state index contributed by atoms with van der Waals surface area (Å²) in [6.45, 7) is 5.12. The molecule has 1 aliphatic rings. The molecule has 3 heterocycles. The van der Waals surface area contributed by atoms with E-state index in [4.69, 9.17) is 19.6 Å². The highest BCUT2D eigenvalue weighted by atomic mass is 16.5. The lowest BCUT2D eigenvalue weighted by Crippen LogP contribution is -2.35. The minimum absolute atomic E-state index is 0.00547. The first-order valence-electron chi connectivity index (χ1n) is 11.7. The molecule has 0 radical (unpaired) electrons. The highest BCUT2D eigenvalue weighted by Crippen LogP contribution is 2.37. The molecule has 1 atom stereocenters. The summed E-state index contributed by atoms with van der Waals surface area (Å²) in [6, 6.07) is 18.2. The summed E-state index contributed by atoms with van der Waals surface area (Å²) in [7, 11) is 3.26. The normalized spacial score (nSPS) is 15.4. The second kappa shape index (κ2) is 9.29. The molecule has 8 heteroatoms. The monoisotopic (exact) mass is 471 g/mol. The van der Waals surface area contributed by atoms with Gasteiger partial charge in [0.2, 0.25) is 5.91 Å². The van der Waals surface area contributed by atoms with E-state index in [-0.39, 0.29) is 11.9 Å². The summed E-state index contributed by atoms with van der Waals surface area (Å²) >= 11 is 0. The van der Waals surface area contributed by atoms with E-state index in [0.717, 1.165) is 59.1 Å². The van der Waals surface area contributed by atoms with Gasteiger partial charge in [-0.05, 0) is 37.6 Å². The molecule has 5 rings (SSSR count). The van der Waals surface area contributed by atoms with Gasteiger partial charge in [0.25, 0.3) is 0 Å². The van der Waals surface area contributed by atoms with Crippen LogP contribution < -0.4 is 19.7 Å². The maximum absolute atomic E-state index is 11.6. The fraction of sp³-hybridized carbons (Fsp3) is 0.296. The number of carbonyl (C=O) groups excluding carboxylic acids is 1. The molecule has 180 valence electrons. The van der Waals surface area contributed by atoms with Crippen LogP contribution in [0.4, 0.5) is 5.69 Å². The molecule has 35 heavy (non-hydrogen) atoms. The van der Waals surface area contributed by atoms with Gasteiger partial charge in [-0.3, -0.25) is 4.79 Å². The van der Waals surface area contributed by atoms with E-state index in [0.29, 0.717) is 11.5 Å². The van der Waals surface area contributed by atoms with E-state index in [1.807, 2.05) is 47.8 Å². The molecule has 1 fully saturated rings. The average molecular weight is 472 g/mol. The number of anilines is 1. The zero-order chi connectivity index (χ0) is 24.5. The Balaban J connectivity index is 1.69. The number of methoxy groups -OCH3 is 2. The van der Waals surface area contributed by atoms with E-state index in [2.05, 4.69) is 28.4 Å². The highest BCUT2D eigenvalue weighted by molar-refractivity contribution is 5.80. The predicted molar refractivity (Wildman–Crippen MR) is 136 cm³/mol. The molecule has 8 nitrogen and oxygen atoms in total. The number of hydrogen-bond acceptors (Lipinski definition) is 6. The number of benzene rings is 2. The van der Waals surface area contributed by atoms with Gasteiger partial charge in [0.15, 0.2) is 17.1 Å². The summed E-state index contributed by atoms with van der Waals surface area (Å²) in [5.74, 6) is 1.31. The Hall–Kier alpha value is -4.07. The number of carbonyl (C=O) groups is 1. The second-order valence-electron chi connectivity index (χ2n) is 8.76. The number of aromatic nitrogens is 3. The van der Waals surface area contributed by atoms with Gasteiger partial charge >= 0.3 is 0 Å². The van der Waals surface area contributed by atoms with Crippen LogP contribution >= 0.6 is 0 Å². The Morgan fingerprint density at radius 2 is 1.80 bits per heavy atom. The maximum Gasteiger partial charge on any atom is 0.217 e. The van der Waals surface area contributed by atoms with Crippen LogP contribution in [0.5, 0.6) is 11.5 Å². The molecule has 1 saturated heterocycles. The van der Waals surface area contributed by atoms with Crippen LogP contribution in [0.25, 0.3) is 28.2 Å². The molecule has 1 amide bonds. The van der Waals surface area contributed by atoms with Crippen LogP contribution in [-0.2, 0) is 4.79 Å². The van der Waals surface area contributed by atoms with Crippen molar-refractivity contribution >= 4 is 17.2 Å². The third kappa shape index (κ3) is 4.27. The Kier molecular flexibility index (Phi) is 6.03. The zero-order valence-corrected chi connectivity index (χ0v) is 20.4. The molecule has 0 aliphatic carbocycles. The zero-order valence-electron chi connectivity index (χ0n) is 20.4. The first-order valence-corrected chi connectivity index (χ1v) is 11.7. The van der Waals surface area contributed by atoms with E-state index >= 15 is 0 Å². The summed E-state index contributed by atoms with van der Waals surface area (Å²) in [4.78, 5) is 18.9. The van der Waals surface area contributed by atoms with Crippen LogP contribution in [0.3, 0.4) is 0 Å². The third-order valence-electron chi connectivity index (χ3n) is 6.40. The van der Waals surface area contributed by atoms with Gasteiger partial charge in [-0.1, -0.05) is 30.3 Å². The molecule has 0 bridgehead atoms. The lowest BCUT2D eigenvalue weighted by molar-refractivity contribution is -0.119. The Morgan fingerprint density at radius 1 is 1.03 bits per heavy atom. The largest absolute Gasteiger partial charge is 0.493 e. The molecule has 0 spiro atoms. The molecular weight excluding hydrogens is 442 g/mol. The number of nitrogens with one attached hydrogen (secondary N) is 1. The van der Waals surface area contributed by atoms with Crippen LogP contribution in [-0.4, -0.2) is 53.9 Å². The number of nitrogens with zero attached hydrogens (tertiary/aromatic N) is 4. The summed E-state index contributed by atoms with van der Waals surface area (Å²) in [5.41, 5.74) is 6.38. The van der Waals surface area contributed by atoms with Crippen LogP contribution in [0, 0.1) is 6.92 Å². The van der Waals surface area contributed by atoms with Crippen molar-refractivity contribution in [2.24, 2.45) is 0 Å². The van der Waals surface area contributed by atoms with E-state index in [1.54, 1.807) is 21.1 Å². The summed E-state index contributed by atoms with van der Waals surface area (Å²) in [6.07, 6.45) is 0.886. The van der Waals surface area contributed by atoms with Crippen molar-refractivity contribution in [1.29, 1.82) is 0 Å². The van der Waals surface area contributed by atoms with Gasteiger partial charge in [0.05, 0.1) is 37.0 Å². The predicted octanol–water partition coefficient (Wildman–Crippen LogP) is 4.10. The molecule has 4 aromatic rings. The van der Waals surface area contributed by atoms with E-state index in [9.17, 15) is 4.79 Å². The van der Waals surface area contributed by atoms with Gasteiger partial charge in [-0.25, -0.2) is 9.50 Å². The fourth-order valence-corrected chi connectivity index (χ4v) is 4.79. The van der Waals surface area contributed by atoms with Gasteiger partial charge in [0, 0.05) is 37.2 Å². The minimum atomic E-state index is -0.00547. The molecular formula is C27H29N5O3. The lowest BCUT2D eigenvalue weighted by atomic mass is 10.1. The van der Waals surface area contributed by atoms with Gasteiger partial charge in [-0.2, -0.15) is 5.10 Å². The summed E-state index contributed by atoms with van der Waals surface area (Å²) < 4.78 is 12.9. The standard InChI is InChI=1S/C27H29N5O3/c1-17-26(20-10-11-24(34-3)25(14-20)35-4)32-27(28-17)23(31-13-12-21(16-31)29-18(2)33)15-22(30-32)19-8-6-5-7-9-19/h5-11,14-15,21H,12-13,16H2,1-4H3,(H,29,33). The van der Waals surface area contributed by atoms with Crippen molar-refractivity contribution in [2.75, 3.05) is 32.2 Å². The van der Waals surface area contributed by atoms with Crippen LogP contribution in [0.2, 0.25) is 0 Å². The van der Waals surface area contributed by atoms with Crippen molar-refractivity contribution in [1.82, 2.24) is 19.9 Å². The Bertz CT molecular complexity index is 1380. The van der Waals surface area contributed by atoms with Gasteiger partial charge < -0.3 is 19.7 Å². The molecule has 1 unspecified atom stereocenters. The van der Waals surface area contributed by atoms with Crippen LogP contribution in [0.1, 0.15) is 19.0 Å². The number of aryl methyl sites for hydroxylation is 1. The van der Waals surface area contributed by atoms with Crippen molar-refractivity contribution in [2.45, 2.75) is 26.3 Å². The smallest absolute Gasteiger partial charge is 0.217 e. The topological polar surface area (TPSA) is 81.0 Å². The minimum Gasteiger partial charge on any atom is -0.493 e. The maximum atomic E-state index is 11.6. The third-order valence-corrected chi connectivity index (χ3v) is 6.40. The highest BCUT2D eigenvalue weighted by Gasteiger charge is 2.27. The van der Waals surface area contributed by atoms with E-state index < -0.39 is 0 Å². The number of hydrogen-bond donors (Lipinski definition) is 1. The number of amides is 1. The molecule has 0 saturated carbocycles. The molecule has 1 aliphatic heterocycles. The average Bonchev–Trinajstić information content (AvgIpc) is 3.46. The van der Waals surface area contributed by atoms with Crippen molar-refractivity contribution in [3.63, 3.8) is 0 Å². The van der Waals surface area contributed by atoms with E-state index in [1.165, 1.54) is 0 Å². The number of fused-ring (bicyclic) bond motifs is 1. The summed E-state index contributed by atoms with van der Waals surface area (Å²) in [5, 5.41) is 8.08. The Labute approximate surface area is 204 Å². The van der Waals surface area contributed by atoms with Crippen molar-refractivity contribution in [3.05, 3.63) is 60.3 Å². The van der Waals surface area contributed by atoms with Crippen LogP contribution in [0.15, 0.2) is 54.6 Å². The van der Waals surface area contributed by atoms with Crippen molar-refractivity contribution < 1.29 is 14.3 Å². The number of ether oxygens (including phenoxy) is 2. The lowest BCUT2D eigenvalue weighted by Gasteiger charge is -2.20.